The molecule has 0 amide bonds. The molecule has 1 atom stereocenters. The predicted molar refractivity (Wildman–Crippen MR) is 75.3 cm³/mol. The Morgan fingerprint density at radius 3 is 2.89 bits per heavy atom. The van der Waals surface area contributed by atoms with E-state index >= 15 is 0 Å². The molecular weight excluding hydrogens is 238 g/mol. The fraction of sp³-hybridized carbons (Fsp3) is 0.533. The molecule has 19 heavy (non-hydrogen) atoms. The van der Waals surface area contributed by atoms with E-state index in [0.29, 0.717) is 6.04 Å². The predicted octanol–water partition coefficient (Wildman–Crippen LogP) is 2.64. The molecule has 1 N–H and O–H groups in total. The second kappa shape index (κ2) is 4.23. The molecule has 0 spiro atoms. The van der Waals surface area contributed by atoms with Crippen molar-refractivity contribution in [2.24, 2.45) is 5.92 Å². The first-order chi connectivity index (χ1) is 9.29. The summed E-state index contributed by atoms with van der Waals surface area (Å²) in [6.45, 7) is 5.75. The van der Waals surface area contributed by atoms with Gasteiger partial charge in [0.2, 0.25) is 0 Å². The molecule has 4 heterocycles. The van der Waals surface area contributed by atoms with Crippen LogP contribution in [0, 0.1) is 12.8 Å². The molecular formula is C15H19N3O. The SMILES string of the molecule is Cc1ccc2c(N[C@H]3CN4CCC3CC4)noc2c1. The van der Waals surface area contributed by atoms with Gasteiger partial charge < -0.3 is 14.7 Å². The van der Waals surface area contributed by atoms with Crippen LogP contribution in [0.5, 0.6) is 0 Å². The maximum Gasteiger partial charge on any atom is 0.177 e. The average molecular weight is 257 g/mol. The molecule has 2 aromatic rings. The van der Waals surface area contributed by atoms with Crippen LogP contribution in [0.15, 0.2) is 22.7 Å². The largest absolute Gasteiger partial charge is 0.362 e. The first-order valence-electron chi connectivity index (χ1n) is 7.14. The van der Waals surface area contributed by atoms with E-state index in [2.05, 4.69) is 34.4 Å². The Bertz CT molecular complexity index is 598. The summed E-state index contributed by atoms with van der Waals surface area (Å²) in [4.78, 5) is 2.55. The van der Waals surface area contributed by atoms with E-state index in [1.54, 1.807) is 0 Å². The van der Waals surface area contributed by atoms with Gasteiger partial charge in [0.1, 0.15) is 0 Å². The Balaban J connectivity index is 1.61. The first-order valence-corrected chi connectivity index (χ1v) is 7.14. The van der Waals surface area contributed by atoms with Crippen LogP contribution in [0.1, 0.15) is 18.4 Å². The number of benzene rings is 1. The summed E-state index contributed by atoms with van der Waals surface area (Å²) in [5.41, 5.74) is 2.09. The van der Waals surface area contributed by atoms with Crippen LogP contribution in [-0.4, -0.2) is 35.7 Å². The van der Waals surface area contributed by atoms with Crippen LogP contribution >= 0.6 is 0 Å². The lowest BCUT2D eigenvalue weighted by Crippen LogP contribution is -2.53. The molecule has 3 fully saturated rings. The molecule has 1 aromatic carbocycles. The van der Waals surface area contributed by atoms with Crippen molar-refractivity contribution in [3.8, 4) is 0 Å². The summed E-state index contributed by atoms with van der Waals surface area (Å²) >= 11 is 0. The number of aryl methyl sites for hydroxylation is 1. The van der Waals surface area contributed by atoms with Crippen molar-refractivity contribution in [3.05, 3.63) is 23.8 Å². The number of nitrogens with zero attached hydrogens (tertiary/aromatic N) is 2. The summed E-state index contributed by atoms with van der Waals surface area (Å²) in [7, 11) is 0. The van der Waals surface area contributed by atoms with Crippen molar-refractivity contribution < 1.29 is 4.52 Å². The van der Waals surface area contributed by atoms with E-state index in [1.165, 1.54) is 31.5 Å². The molecule has 5 rings (SSSR count). The highest BCUT2D eigenvalue weighted by Gasteiger charge is 2.34. The molecule has 100 valence electrons. The standard InChI is InChI=1S/C15H19N3O/c1-10-2-3-12-14(8-10)19-17-15(12)16-13-9-18-6-4-11(13)5-7-18/h2-3,8,11,13H,4-7,9H2,1H3,(H,16,17)/t13-/m0/s1. The highest BCUT2D eigenvalue weighted by atomic mass is 16.5. The molecule has 0 unspecified atom stereocenters. The number of rotatable bonds is 2. The third kappa shape index (κ3) is 1.91. The lowest BCUT2D eigenvalue weighted by Gasteiger charge is -2.44. The minimum Gasteiger partial charge on any atom is -0.362 e. The summed E-state index contributed by atoms with van der Waals surface area (Å²) in [6, 6.07) is 6.79. The molecule has 2 bridgehead atoms. The van der Waals surface area contributed by atoms with Gasteiger partial charge in [-0.25, -0.2) is 0 Å². The van der Waals surface area contributed by atoms with E-state index in [0.717, 1.165) is 29.2 Å². The van der Waals surface area contributed by atoms with Crippen LogP contribution in [0.25, 0.3) is 11.0 Å². The van der Waals surface area contributed by atoms with Gasteiger partial charge in [0.25, 0.3) is 0 Å². The minimum atomic E-state index is 0.525. The van der Waals surface area contributed by atoms with E-state index in [4.69, 9.17) is 4.52 Å². The third-order valence-electron chi connectivity index (χ3n) is 4.61. The Labute approximate surface area is 112 Å². The van der Waals surface area contributed by atoms with Crippen LogP contribution in [0.2, 0.25) is 0 Å². The first kappa shape index (κ1) is 11.3. The van der Waals surface area contributed by atoms with E-state index < -0.39 is 0 Å². The maximum atomic E-state index is 5.43. The number of nitrogens with one attached hydrogen (secondary N) is 1. The Morgan fingerprint density at radius 2 is 2.16 bits per heavy atom. The summed E-state index contributed by atoms with van der Waals surface area (Å²) < 4.78 is 5.43. The molecule has 3 saturated heterocycles. The fourth-order valence-electron chi connectivity index (χ4n) is 3.45. The van der Waals surface area contributed by atoms with Gasteiger partial charge in [-0.05, 0) is 56.5 Å². The van der Waals surface area contributed by atoms with Crippen LogP contribution in [-0.2, 0) is 0 Å². The van der Waals surface area contributed by atoms with Gasteiger partial charge in [-0.15, -0.1) is 0 Å². The highest BCUT2D eigenvalue weighted by Crippen LogP contribution is 2.31. The fourth-order valence-corrected chi connectivity index (χ4v) is 3.45. The number of piperidine rings is 3. The topological polar surface area (TPSA) is 41.3 Å². The summed E-state index contributed by atoms with van der Waals surface area (Å²) in [5.74, 6) is 1.70. The van der Waals surface area contributed by atoms with E-state index in [9.17, 15) is 0 Å². The van der Waals surface area contributed by atoms with Gasteiger partial charge >= 0.3 is 0 Å². The van der Waals surface area contributed by atoms with Crippen molar-refractivity contribution in [1.82, 2.24) is 10.1 Å². The van der Waals surface area contributed by atoms with Crippen LogP contribution in [0.4, 0.5) is 5.82 Å². The van der Waals surface area contributed by atoms with Crippen molar-refractivity contribution in [1.29, 1.82) is 0 Å². The molecule has 0 saturated carbocycles. The molecule has 0 aliphatic carbocycles. The van der Waals surface area contributed by atoms with Crippen molar-refractivity contribution in [2.45, 2.75) is 25.8 Å². The lowest BCUT2D eigenvalue weighted by molar-refractivity contribution is 0.0973. The van der Waals surface area contributed by atoms with Crippen LogP contribution in [0.3, 0.4) is 0 Å². The number of fused-ring (bicyclic) bond motifs is 4. The molecule has 4 nitrogen and oxygen atoms in total. The Hall–Kier alpha value is -1.55. The number of anilines is 1. The molecule has 3 aliphatic heterocycles. The van der Waals surface area contributed by atoms with Gasteiger partial charge in [-0.3, -0.25) is 0 Å². The van der Waals surface area contributed by atoms with Gasteiger partial charge in [-0.2, -0.15) is 0 Å². The Morgan fingerprint density at radius 1 is 1.32 bits per heavy atom. The number of aromatic nitrogens is 1. The zero-order chi connectivity index (χ0) is 12.8. The molecule has 1 aromatic heterocycles. The minimum absolute atomic E-state index is 0.525. The van der Waals surface area contributed by atoms with E-state index in [-0.39, 0.29) is 0 Å². The van der Waals surface area contributed by atoms with E-state index in [1.807, 2.05) is 6.07 Å². The monoisotopic (exact) mass is 257 g/mol. The zero-order valence-corrected chi connectivity index (χ0v) is 11.2. The molecule has 4 heteroatoms. The lowest BCUT2D eigenvalue weighted by atomic mass is 9.84. The average Bonchev–Trinajstić information content (AvgIpc) is 2.82. The van der Waals surface area contributed by atoms with Crippen molar-refractivity contribution >= 4 is 16.8 Å². The smallest absolute Gasteiger partial charge is 0.177 e. The molecule has 3 aliphatic rings. The number of hydrogen-bond donors (Lipinski definition) is 1. The number of hydrogen-bond acceptors (Lipinski definition) is 4. The normalized spacial score (nSPS) is 29.8. The van der Waals surface area contributed by atoms with Crippen molar-refractivity contribution in [3.63, 3.8) is 0 Å². The summed E-state index contributed by atoms with van der Waals surface area (Å²) in [5, 5.41) is 8.92. The second-order valence-electron chi connectivity index (χ2n) is 5.92. The zero-order valence-electron chi connectivity index (χ0n) is 11.2. The van der Waals surface area contributed by atoms with Gasteiger partial charge in [0.15, 0.2) is 11.4 Å². The quantitative estimate of drug-likeness (QED) is 0.898. The maximum absolute atomic E-state index is 5.43. The van der Waals surface area contributed by atoms with Gasteiger partial charge in [-0.1, -0.05) is 11.2 Å². The third-order valence-corrected chi connectivity index (χ3v) is 4.61. The molecule has 0 radical (unpaired) electrons. The van der Waals surface area contributed by atoms with Gasteiger partial charge in [0, 0.05) is 12.6 Å². The second-order valence-corrected chi connectivity index (χ2v) is 5.92. The van der Waals surface area contributed by atoms with Gasteiger partial charge in [0.05, 0.1) is 5.39 Å². The van der Waals surface area contributed by atoms with Crippen LogP contribution < -0.4 is 5.32 Å². The summed E-state index contributed by atoms with van der Waals surface area (Å²) in [6.07, 6.45) is 2.62. The van der Waals surface area contributed by atoms with Crippen molar-refractivity contribution in [2.75, 3.05) is 25.0 Å². The highest BCUT2D eigenvalue weighted by molar-refractivity contribution is 5.88. The Kier molecular flexibility index (Phi) is 2.52.